The van der Waals surface area contributed by atoms with Gasteiger partial charge < -0.3 is 10.2 Å². The molecule has 4 nitrogen and oxygen atoms in total. The number of hydrogen-bond acceptors (Lipinski definition) is 2. The topological polar surface area (TPSA) is 49.4 Å². The fourth-order valence-corrected chi connectivity index (χ4v) is 1.78. The normalized spacial score (nSPS) is 11.2. The van der Waals surface area contributed by atoms with Crippen LogP contribution in [0.15, 0.2) is 12.1 Å². The Kier molecular flexibility index (Phi) is 4.98. The molecular formula is C14H17F3N2O2. The molecule has 0 aliphatic carbocycles. The van der Waals surface area contributed by atoms with Crippen LogP contribution in [0.1, 0.15) is 27.7 Å². The summed E-state index contributed by atoms with van der Waals surface area (Å²) >= 11 is 0. The summed E-state index contributed by atoms with van der Waals surface area (Å²) < 4.78 is 39.3. The van der Waals surface area contributed by atoms with E-state index in [4.69, 9.17) is 0 Å². The molecule has 0 radical (unpaired) electrons. The van der Waals surface area contributed by atoms with E-state index in [-0.39, 0.29) is 12.5 Å². The molecule has 0 atom stereocenters. The van der Waals surface area contributed by atoms with Crippen molar-refractivity contribution in [2.75, 3.05) is 11.9 Å². The van der Waals surface area contributed by atoms with Gasteiger partial charge in [0.05, 0.1) is 5.69 Å². The zero-order chi connectivity index (χ0) is 16.4. The van der Waals surface area contributed by atoms with E-state index in [2.05, 4.69) is 5.32 Å². The molecular weight excluding hydrogens is 285 g/mol. The molecule has 0 fully saturated rings. The SMILES string of the molecule is CC(=O)N(CC(=O)Nc1ccc(F)c(F)c1F)C(C)(C)C. The van der Waals surface area contributed by atoms with Crippen LogP contribution in [0.2, 0.25) is 0 Å². The molecule has 0 aliphatic rings. The van der Waals surface area contributed by atoms with Crippen LogP contribution < -0.4 is 5.32 Å². The molecule has 116 valence electrons. The van der Waals surface area contributed by atoms with Crippen LogP contribution in [0.5, 0.6) is 0 Å². The summed E-state index contributed by atoms with van der Waals surface area (Å²) in [6.07, 6.45) is 0. The van der Waals surface area contributed by atoms with E-state index in [9.17, 15) is 22.8 Å². The molecule has 0 saturated heterocycles. The van der Waals surface area contributed by atoms with Crippen LogP contribution in [0, 0.1) is 17.5 Å². The third-order valence-electron chi connectivity index (χ3n) is 2.80. The van der Waals surface area contributed by atoms with Gasteiger partial charge in [-0.1, -0.05) is 0 Å². The number of anilines is 1. The van der Waals surface area contributed by atoms with Gasteiger partial charge in [-0.25, -0.2) is 13.2 Å². The molecule has 1 aromatic carbocycles. The zero-order valence-corrected chi connectivity index (χ0v) is 12.3. The number of nitrogens with one attached hydrogen (secondary N) is 1. The molecule has 0 aromatic heterocycles. The Bertz CT molecular complexity index is 568. The fraction of sp³-hybridized carbons (Fsp3) is 0.429. The minimum atomic E-state index is -1.66. The lowest BCUT2D eigenvalue weighted by molar-refractivity contribution is -0.137. The Hall–Kier alpha value is -2.05. The first-order valence-corrected chi connectivity index (χ1v) is 6.25. The van der Waals surface area contributed by atoms with E-state index in [0.717, 1.165) is 6.07 Å². The lowest BCUT2D eigenvalue weighted by atomic mass is 10.1. The van der Waals surface area contributed by atoms with Gasteiger partial charge in [0.1, 0.15) is 6.54 Å². The van der Waals surface area contributed by atoms with Gasteiger partial charge in [0.2, 0.25) is 11.8 Å². The van der Waals surface area contributed by atoms with Gasteiger partial charge in [-0.2, -0.15) is 0 Å². The van der Waals surface area contributed by atoms with Crippen LogP contribution in [0.25, 0.3) is 0 Å². The molecule has 0 saturated carbocycles. The highest BCUT2D eigenvalue weighted by Gasteiger charge is 2.26. The van der Waals surface area contributed by atoms with E-state index in [1.54, 1.807) is 20.8 Å². The number of amides is 2. The van der Waals surface area contributed by atoms with Crippen molar-refractivity contribution in [1.82, 2.24) is 4.90 Å². The van der Waals surface area contributed by atoms with Crippen molar-refractivity contribution in [2.24, 2.45) is 0 Å². The second-order valence-corrected chi connectivity index (χ2v) is 5.55. The molecule has 1 N–H and O–H groups in total. The van der Waals surface area contributed by atoms with Crippen LogP contribution >= 0.6 is 0 Å². The Morgan fingerprint density at radius 1 is 1.14 bits per heavy atom. The molecule has 0 aliphatic heterocycles. The minimum Gasteiger partial charge on any atom is -0.329 e. The molecule has 21 heavy (non-hydrogen) atoms. The smallest absolute Gasteiger partial charge is 0.244 e. The summed E-state index contributed by atoms with van der Waals surface area (Å²) in [6, 6.07) is 1.63. The fourth-order valence-electron chi connectivity index (χ4n) is 1.78. The van der Waals surface area contributed by atoms with E-state index < -0.39 is 34.6 Å². The second-order valence-electron chi connectivity index (χ2n) is 5.55. The number of hydrogen-bond donors (Lipinski definition) is 1. The largest absolute Gasteiger partial charge is 0.329 e. The third kappa shape index (κ3) is 4.21. The van der Waals surface area contributed by atoms with E-state index in [1.807, 2.05) is 0 Å². The Labute approximate surface area is 120 Å². The number of nitrogens with zero attached hydrogens (tertiary/aromatic N) is 1. The Morgan fingerprint density at radius 3 is 2.19 bits per heavy atom. The number of carbonyl (C=O) groups is 2. The third-order valence-corrected chi connectivity index (χ3v) is 2.80. The highest BCUT2D eigenvalue weighted by molar-refractivity contribution is 5.94. The molecule has 0 bridgehead atoms. The van der Waals surface area contributed by atoms with Crippen molar-refractivity contribution >= 4 is 17.5 Å². The van der Waals surface area contributed by atoms with Gasteiger partial charge in [-0.3, -0.25) is 9.59 Å². The van der Waals surface area contributed by atoms with Gasteiger partial charge in [0.15, 0.2) is 17.5 Å². The molecule has 1 aromatic rings. The minimum absolute atomic E-state index is 0.322. The van der Waals surface area contributed by atoms with Crippen LogP contribution in [-0.2, 0) is 9.59 Å². The molecule has 0 unspecified atom stereocenters. The van der Waals surface area contributed by atoms with Crippen molar-refractivity contribution in [2.45, 2.75) is 33.2 Å². The maximum atomic E-state index is 13.4. The Morgan fingerprint density at radius 2 is 1.71 bits per heavy atom. The van der Waals surface area contributed by atoms with Gasteiger partial charge in [0, 0.05) is 12.5 Å². The number of carbonyl (C=O) groups excluding carboxylic acids is 2. The summed E-state index contributed by atoms with van der Waals surface area (Å²) in [6.45, 7) is 6.19. The number of rotatable bonds is 3. The lowest BCUT2D eigenvalue weighted by Crippen LogP contribution is -2.48. The molecule has 7 heteroatoms. The average molecular weight is 302 g/mol. The summed E-state index contributed by atoms with van der Waals surface area (Å²) in [7, 11) is 0. The molecule has 0 heterocycles. The molecule has 1 rings (SSSR count). The summed E-state index contributed by atoms with van der Waals surface area (Å²) in [5.74, 6) is -5.51. The quantitative estimate of drug-likeness (QED) is 0.873. The van der Waals surface area contributed by atoms with Crippen LogP contribution in [-0.4, -0.2) is 28.8 Å². The van der Waals surface area contributed by atoms with E-state index in [1.165, 1.54) is 11.8 Å². The van der Waals surface area contributed by atoms with Crippen molar-refractivity contribution in [3.05, 3.63) is 29.6 Å². The second kappa shape index (κ2) is 6.15. The maximum absolute atomic E-state index is 13.4. The van der Waals surface area contributed by atoms with E-state index in [0.29, 0.717) is 6.07 Å². The monoisotopic (exact) mass is 302 g/mol. The van der Waals surface area contributed by atoms with Crippen molar-refractivity contribution in [3.63, 3.8) is 0 Å². The number of benzene rings is 1. The lowest BCUT2D eigenvalue weighted by Gasteiger charge is -2.34. The standard InChI is InChI=1S/C14H17F3N2O2/c1-8(20)19(14(2,3)4)7-11(21)18-10-6-5-9(15)12(16)13(10)17/h5-6H,7H2,1-4H3,(H,18,21). The highest BCUT2D eigenvalue weighted by Crippen LogP contribution is 2.20. The predicted molar refractivity (Wildman–Crippen MR) is 72.1 cm³/mol. The summed E-state index contributed by atoms with van der Waals surface area (Å²) in [5, 5.41) is 2.12. The summed E-state index contributed by atoms with van der Waals surface area (Å²) in [5.41, 5.74) is -1.08. The maximum Gasteiger partial charge on any atom is 0.244 e. The number of halogens is 3. The first-order chi connectivity index (χ1) is 9.54. The average Bonchev–Trinajstić information content (AvgIpc) is 2.35. The van der Waals surface area contributed by atoms with Crippen molar-refractivity contribution in [1.29, 1.82) is 0 Å². The van der Waals surface area contributed by atoms with Crippen LogP contribution in [0.4, 0.5) is 18.9 Å². The van der Waals surface area contributed by atoms with Gasteiger partial charge in [0.25, 0.3) is 0 Å². The van der Waals surface area contributed by atoms with Gasteiger partial charge in [-0.05, 0) is 32.9 Å². The van der Waals surface area contributed by atoms with Crippen molar-refractivity contribution in [3.8, 4) is 0 Å². The molecule has 0 spiro atoms. The van der Waals surface area contributed by atoms with E-state index >= 15 is 0 Å². The first kappa shape index (κ1) is 17.0. The van der Waals surface area contributed by atoms with Crippen molar-refractivity contribution < 1.29 is 22.8 Å². The highest BCUT2D eigenvalue weighted by atomic mass is 19.2. The first-order valence-electron chi connectivity index (χ1n) is 6.25. The summed E-state index contributed by atoms with van der Waals surface area (Å²) in [4.78, 5) is 24.6. The van der Waals surface area contributed by atoms with Crippen LogP contribution in [0.3, 0.4) is 0 Å². The predicted octanol–water partition coefficient (Wildman–Crippen LogP) is 2.69. The molecule has 2 amide bonds. The van der Waals surface area contributed by atoms with Gasteiger partial charge in [-0.15, -0.1) is 0 Å². The zero-order valence-electron chi connectivity index (χ0n) is 12.3. The van der Waals surface area contributed by atoms with Gasteiger partial charge >= 0.3 is 0 Å². The Balaban J connectivity index is 2.87.